The molecule has 0 heterocycles. The van der Waals surface area contributed by atoms with E-state index in [2.05, 4.69) is 29.8 Å². The highest BCUT2D eigenvalue weighted by Gasteiger charge is 1.98. The number of anilines is 2. The van der Waals surface area contributed by atoms with Crippen molar-refractivity contribution in [2.75, 3.05) is 24.2 Å². The van der Waals surface area contributed by atoms with Crippen molar-refractivity contribution in [2.24, 2.45) is 5.92 Å². The molecule has 0 saturated heterocycles. The molecule has 1 aromatic carbocycles. The summed E-state index contributed by atoms with van der Waals surface area (Å²) >= 11 is 0. The second-order valence-electron chi connectivity index (χ2n) is 4.39. The standard InChI is InChI=1S/C13H21N3O/c1-10(2)8-9-15-11-4-6-12(7-5-11)16-13(17)14-3/h4-7,10,15H,8-9H2,1-3H3,(H2,14,16,17). The van der Waals surface area contributed by atoms with Gasteiger partial charge in [0, 0.05) is 25.0 Å². The lowest BCUT2D eigenvalue weighted by molar-refractivity contribution is 0.254. The van der Waals surface area contributed by atoms with Crippen molar-refractivity contribution in [3.8, 4) is 0 Å². The van der Waals surface area contributed by atoms with E-state index in [1.54, 1.807) is 7.05 Å². The Balaban J connectivity index is 2.42. The second-order valence-corrected chi connectivity index (χ2v) is 4.39. The van der Waals surface area contributed by atoms with Crippen molar-refractivity contribution in [2.45, 2.75) is 20.3 Å². The first-order valence-corrected chi connectivity index (χ1v) is 5.94. The van der Waals surface area contributed by atoms with E-state index < -0.39 is 0 Å². The Kier molecular flexibility index (Phi) is 5.33. The zero-order valence-electron chi connectivity index (χ0n) is 10.7. The average Bonchev–Trinajstić information content (AvgIpc) is 2.31. The Morgan fingerprint density at radius 1 is 1.18 bits per heavy atom. The van der Waals surface area contributed by atoms with E-state index in [0.717, 1.165) is 24.3 Å². The molecule has 0 spiro atoms. The van der Waals surface area contributed by atoms with E-state index in [1.807, 2.05) is 24.3 Å². The van der Waals surface area contributed by atoms with Gasteiger partial charge >= 0.3 is 6.03 Å². The molecule has 0 fully saturated rings. The van der Waals surface area contributed by atoms with Gasteiger partial charge in [-0.05, 0) is 36.6 Å². The highest BCUT2D eigenvalue weighted by molar-refractivity contribution is 5.89. The minimum absolute atomic E-state index is 0.203. The topological polar surface area (TPSA) is 53.2 Å². The van der Waals surface area contributed by atoms with E-state index in [0.29, 0.717) is 5.92 Å². The van der Waals surface area contributed by atoms with Crippen molar-refractivity contribution >= 4 is 17.4 Å². The van der Waals surface area contributed by atoms with E-state index in [-0.39, 0.29) is 6.03 Å². The number of hydrogen-bond donors (Lipinski definition) is 3. The third kappa shape index (κ3) is 5.24. The predicted octanol–water partition coefficient (Wildman–Crippen LogP) is 2.90. The van der Waals surface area contributed by atoms with Crippen LogP contribution in [0.1, 0.15) is 20.3 Å². The number of carbonyl (C=O) groups is 1. The third-order valence-corrected chi connectivity index (χ3v) is 2.42. The number of rotatable bonds is 5. The van der Waals surface area contributed by atoms with Gasteiger partial charge in [0.1, 0.15) is 0 Å². The molecule has 0 aliphatic carbocycles. The minimum Gasteiger partial charge on any atom is -0.385 e. The van der Waals surface area contributed by atoms with Crippen molar-refractivity contribution in [1.29, 1.82) is 0 Å². The maximum atomic E-state index is 11.1. The molecule has 0 aliphatic heterocycles. The highest BCUT2D eigenvalue weighted by atomic mass is 16.2. The molecule has 4 nitrogen and oxygen atoms in total. The van der Waals surface area contributed by atoms with Crippen LogP contribution in [0.3, 0.4) is 0 Å². The molecule has 4 heteroatoms. The van der Waals surface area contributed by atoms with E-state index in [4.69, 9.17) is 0 Å². The zero-order valence-corrected chi connectivity index (χ0v) is 10.7. The Morgan fingerprint density at radius 2 is 1.76 bits per heavy atom. The molecular weight excluding hydrogens is 214 g/mol. The molecule has 3 N–H and O–H groups in total. The molecule has 0 aromatic heterocycles. The van der Waals surface area contributed by atoms with Crippen LogP contribution in [0.4, 0.5) is 16.2 Å². The molecule has 0 atom stereocenters. The maximum Gasteiger partial charge on any atom is 0.318 e. The summed E-state index contributed by atoms with van der Waals surface area (Å²) in [7, 11) is 1.59. The van der Waals surface area contributed by atoms with E-state index in [1.165, 1.54) is 0 Å². The number of amides is 2. The fraction of sp³-hybridized carbons (Fsp3) is 0.462. The molecule has 0 saturated carbocycles. The van der Waals surface area contributed by atoms with Crippen LogP contribution in [0.25, 0.3) is 0 Å². The summed E-state index contributed by atoms with van der Waals surface area (Å²) in [4.78, 5) is 11.1. The van der Waals surface area contributed by atoms with Crippen LogP contribution in [0.15, 0.2) is 24.3 Å². The summed E-state index contributed by atoms with van der Waals surface area (Å²) in [5, 5.41) is 8.57. The largest absolute Gasteiger partial charge is 0.385 e. The van der Waals surface area contributed by atoms with Gasteiger partial charge in [-0.15, -0.1) is 0 Å². The van der Waals surface area contributed by atoms with Gasteiger partial charge in [0.25, 0.3) is 0 Å². The number of hydrogen-bond acceptors (Lipinski definition) is 2. The summed E-state index contributed by atoms with van der Waals surface area (Å²) in [6.45, 7) is 5.38. The number of nitrogens with one attached hydrogen (secondary N) is 3. The van der Waals surface area contributed by atoms with Gasteiger partial charge in [-0.1, -0.05) is 13.8 Å². The van der Waals surface area contributed by atoms with Crippen LogP contribution in [-0.4, -0.2) is 19.6 Å². The first kappa shape index (κ1) is 13.4. The fourth-order valence-electron chi connectivity index (χ4n) is 1.37. The molecule has 0 aliphatic rings. The van der Waals surface area contributed by atoms with Crippen LogP contribution in [0, 0.1) is 5.92 Å². The summed E-state index contributed by atoms with van der Waals surface area (Å²) in [6, 6.07) is 7.49. The maximum absolute atomic E-state index is 11.1. The van der Waals surface area contributed by atoms with Gasteiger partial charge in [0.2, 0.25) is 0 Å². The van der Waals surface area contributed by atoms with Gasteiger partial charge in [0.15, 0.2) is 0 Å². The Hall–Kier alpha value is -1.71. The quantitative estimate of drug-likeness (QED) is 0.735. The average molecular weight is 235 g/mol. The van der Waals surface area contributed by atoms with Gasteiger partial charge < -0.3 is 16.0 Å². The molecule has 0 bridgehead atoms. The monoisotopic (exact) mass is 235 g/mol. The smallest absolute Gasteiger partial charge is 0.318 e. The van der Waals surface area contributed by atoms with E-state index in [9.17, 15) is 4.79 Å². The second kappa shape index (κ2) is 6.78. The highest BCUT2D eigenvalue weighted by Crippen LogP contribution is 2.13. The SMILES string of the molecule is CNC(=O)Nc1ccc(NCCC(C)C)cc1. The normalized spacial score (nSPS) is 10.1. The molecule has 0 unspecified atom stereocenters. The minimum atomic E-state index is -0.203. The first-order chi connectivity index (χ1) is 8.11. The molecule has 1 aromatic rings. The Labute approximate surface area is 103 Å². The van der Waals surface area contributed by atoms with Crippen LogP contribution in [0.5, 0.6) is 0 Å². The summed E-state index contributed by atoms with van der Waals surface area (Å²) in [6.07, 6.45) is 1.15. The summed E-state index contributed by atoms with van der Waals surface area (Å²) in [5.41, 5.74) is 1.87. The molecular formula is C13H21N3O. The first-order valence-electron chi connectivity index (χ1n) is 5.94. The lowest BCUT2D eigenvalue weighted by Gasteiger charge is -2.09. The van der Waals surface area contributed by atoms with Crippen molar-refractivity contribution < 1.29 is 4.79 Å². The van der Waals surface area contributed by atoms with Crippen LogP contribution < -0.4 is 16.0 Å². The van der Waals surface area contributed by atoms with Crippen LogP contribution >= 0.6 is 0 Å². The van der Waals surface area contributed by atoms with Gasteiger partial charge in [0.05, 0.1) is 0 Å². The van der Waals surface area contributed by atoms with Gasteiger partial charge in [-0.2, -0.15) is 0 Å². The summed E-state index contributed by atoms with van der Waals surface area (Å²) in [5.74, 6) is 0.705. The number of carbonyl (C=O) groups excluding carboxylic acids is 1. The Morgan fingerprint density at radius 3 is 2.29 bits per heavy atom. The summed E-state index contributed by atoms with van der Waals surface area (Å²) < 4.78 is 0. The molecule has 1 rings (SSSR count). The zero-order chi connectivity index (χ0) is 12.7. The van der Waals surface area contributed by atoms with Crippen molar-refractivity contribution in [3.63, 3.8) is 0 Å². The number of urea groups is 1. The van der Waals surface area contributed by atoms with Crippen molar-refractivity contribution in [3.05, 3.63) is 24.3 Å². The predicted molar refractivity (Wildman–Crippen MR) is 72.5 cm³/mol. The molecule has 94 valence electrons. The third-order valence-electron chi connectivity index (χ3n) is 2.42. The Bertz CT molecular complexity index is 346. The van der Waals surface area contributed by atoms with Crippen molar-refractivity contribution in [1.82, 2.24) is 5.32 Å². The van der Waals surface area contributed by atoms with Gasteiger partial charge in [-0.3, -0.25) is 0 Å². The van der Waals surface area contributed by atoms with Crippen LogP contribution in [-0.2, 0) is 0 Å². The lowest BCUT2D eigenvalue weighted by atomic mass is 10.1. The fourth-order valence-corrected chi connectivity index (χ4v) is 1.37. The lowest BCUT2D eigenvalue weighted by Crippen LogP contribution is -2.24. The van der Waals surface area contributed by atoms with E-state index >= 15 is 0 Å². The molecule has 17 heavy (non-hydrogen) atoms. The molecule has 2 amide bonds. The van der Waals surface area contributed by atoms with Crippen LogP contribution in [0.2, 0.25) is 0 Å². The van der Waals surface area contributed by atoms with Gasteiger partial charge in [-0.25, -0.2) is 4.79 Å². The molecule has 0 radical (unpaired) electrons. The number of benzene rings is 1.